The quantitative estimate of drug-likeness (QED) is 0.765. The highest BCUT2D eigenvalue weighted by Crippen LogP contribution is 2.31. The van der Waals surface area contributed by atoms with Gasteiger partial charge in [-0.1, -0.05) is 12.1 Å². The first-order chi connectivity index (χ1) is 8.27. The molecule has 3 nitrogen and oxygen atoms in total. The predicted octanol–water partition coefficient (Wildman–Crippen LogP) is 3.30. The Balaban J connectivity index is 2.20. The first-order valence-electron chi connectivity index (χ1n) is 5.96. The number of imidazole rings is 1. The number of fused-ring (bicyclic) bond motifs is 1. The van der Waals surface area contributed by atoms with E-state index in [-0.39, 0.29) is 5.38 Å². The average Bonchev–Trinajstić information content (AvgIpc) is 2.94. The van der Waals surface area contributed by atoms with E-state index in [2.05, 4.69) is 15.6 Å². The van der Waals surface area contributed by atoms with Crippen LogP contribution in [0.5, 0.6) is 0 Å². The SMILES string of the molecule is CC(Cl)c1nc2ccccc2n1C1CCOC1. The highest BCUT2D eigenvalue weighted by molar-refractivity contribution is 6.20. The summed E-state index contributed by atoms with van der Waals surface area (Å²) in [5, 5.41) is -0.0806. The third-order valence-corrected chi connectivity index (χ3v) is 3.44. The third kappa shape index (κ3) is 1.83. The number of halogens is 1. The minimum atomic E-state index is -0.0806. The molecule has 3 rings (SSSR count). The summed E-state index contributed by atoms with van der Waals surface area (Å²) in [4.78, 5) is 4.63. The first-order valence-corrected chi connectivity index (χ1v) is 6.39. The Bertz CT molecular complexity index is 529. The van der Waals surface area contributed by atoms with Crippen LogP contribution in [-0.4, -0.2) is 22.8 Å². The molecule has 0 amide bonds. The number of aromatic nitrogens is 2. The van der Waals surface area contributed by atoms with Gasteiger partial charge in [0, 0.05) is 6.61 Å². The monoisotopic (exact) mass is 250 g/mol. The Morgan fingerprint density at radius 3 is 3.00 bits per heavy atom. The van der Waals surface area contributed by atoms with E-state index in [1.54, 1.807) is 0 Å². The average molecular weight is 251 g/mol. The molecule has 1 saturated heterocycles. The fraction of sp³-hybridized carbons (Fsp3) is 0.462. The molecule has 1 aliphatic heterocycles. The molecule has 2 unspecified atom stereocenters. The zero-order valence-corrected chi connectivity index (χ0v) is 10.5. The summed E-state index contributed by atoms with van der Waals surface area (Å²) in [5.41, 5.74) is 2.17. The Hall–Kier alpha value is -1.06. The van der Waals surface area contributed by atoms with Crippen LogP contribution in [0.25, 0.3) is 11.0 Å². The van der Waals surface area contributed by atoms with Gasteiger partial charge in [-0.2, -0.15) is 0 Å². The highest BCUT2D eigenvalue weighted by Gasteiger charge is 2.24. The zero-order valence-electron chi connectivity index (χ0n) is 9.77. The van der Waals surface area contributed by atoms with Gasteiger partial charge in [-0.25, -0.2) is 4.98 Å². The molecule has 0 N–H and O–H groups in total. The number of alkyl halides is 1. The molecule has 1 fully saturated rings. The Labute approximate surface area is 105 Å². The molecule has 0 spiro atoms. The van der Waals surface area contributed by atoms with E-state index >= 15 is 0 Å². The van der Waals surface area contributed by atoms with Gasteiger partial charge in [0.15, 0.2) is 0 Å². The van der Waals surface area contributed by atoms with E-state index in [4.69, 9.17) is 16.3 Å². The summed E-state index contributed by atoms with van der Waals surface area (Å²) < 4.78 is 7.72. The molecule has 1 aromatic carbocycles. The maximum Gasteiger partial charge on any atom is 0.128 e. The van der Waals surface area contributed by atoms with E-state index in [9.17, 15) is 0 Å². The van der Waals surface area contributed by atoms with E-state index in [0.717, 1.165) is 36.5 Å². The van der Waals surface area contributed by atoms with Crippen LogP contribution in [0.3, 0.4) is 0 Å². The van der Waals surface area contributed by atoms with Crippen LogP contribution in [0.1, 0.15) is 30.6 Å². The Kier molecular flexibility index (Phi) is 2.81. The summed E-state index contributed by atoms with van der Waals surface area (Å²) in [6, 6.07) is 8.55. The van der Waals surface area contributed by atoms with Gasteiger partial charge in [0.2, 0.25) is 0 Å². The fourth-order valence-corrected chi connectivity index (χ4v) is 2.61. The molecule has 1 aliphatic rings. The van der Waals surface area contributed by atoms with E-state index in [1.807, 2.05) is 25.1 Å². The van der Waals surface area contributed by atoms with Crippen LogP contribution in [-0.2, 0) is 4.74 Å². The fourth-order valence-electron chi connectivity index (χ4n) is 2.45. The second-order valence-electron chi connectivity index (χ2n) is 4.46. The Morgan fingerprint density at radius 2 is 2.29 bits per heavy atom. The summed E-state index contributed by atoms with van der Waals surface area (Å²) in [6.45, 7) is 3.55. The van der Waals surface area contributed by atoms with Gasteiger partial charge < -0.3 is 9.30 Å². The van der Waals surface area contributed by atoms with Gasteiger partial charge in [-0.15, -0.1) is 11.6 Å². The lowest BCUT2D eigenvalue weighted by molar-refractivity contribution is 0.186. The van der Waals surface area contributed by atoms with Crippen LogP contribution >= 0.6 is 11.6 Å². The number of hydrogen-bond donors (Lipinski definition) is 0. The van der Waals surface area contributed by atoms with E-state index in [0.29, 0.717) is 6.04 Å². The van der Waals surface area contributed by atoms with Gasteiger partial charge in [-0.05, 0) is 25.5 Å². The van der Waals surface area contributed by atoms with Crippen molar-refractivity contribution in [2.45, 2.75) is 24.8 Å². The van der Waals surface area contributed by atoms with Crippen LogP contribution < -0.4 is 0 Å². The summed E-state index contributed by atoms with van der Waals surface area (Å²) in [6.07, 6.45) is 1.04. The Morgan fingerprint density at radius 1 is 1.47 bits per heavy atom. The van der Waals surface area contributed by atoms with Crippen molar-refractivity contribution in [2.24, 2.45) is 0 Å². The standard InChI is InChI=1S/C13H15ClN2O/c1-9(14)13-15-11-4-2-3-5-12(11)16(13)10-6-7-17-8-10/h2-5,9-10H,6-8H2,1H3. The number of para-hydroxylation sites is 2. The number of hydrogen-bond acceptors (Lipinski definition) is 2. The lowest BCUT2D eigenvalue weighted by Crippen LogP contribution is -2.12. The summed E-state index contributed by atoms with van der Waals surface area (Å²) >= 11 is 6.23. The molecule has 2 aromatic rings. The number of rotatable bonds is 2. The molecular weight excluding hydrogens is 236 g/mol. The molecule has 0 saturated carbocycles. The maximum atomic E-state index is 6.23. The molecule has 17 heavy (non-hydrogen) atoms. The maximum absolute atomic E-state index is 6.23. The van der Waals surface area contributed by atoms with Crippen molar-refractivity contribution in [1.82, 2.24) is 9.55 Å². The molecule has 2 atom stereocenters. The second-order valence-corrected chi connectivity index (χ2v) is 5.12. The number of nitrogens with zero attached hydrogens (tertiary/aromatic N) is 2. The number of benzene rings is 1. The normalized spacial score (nSPS) is 22.1. The largest absolute Gasteiger partial charge is 0.379 e. The topological polar surface area (TPSA) is 27.1 Å². The highest BCUT2D eigenvalue weighted by atomic mass is 35.5. The number of ether oxygens (including phenoxy) is 1. The van der Waals surface area contributed by atoms with Crippen LogP contribution in [0.15, 0.2) is 24.3 Å². The zero-order chi connectivity index (χ0) is 11.8. The molecule has 1 aromatic heterocycles. The van der Waals surface area contributed by atoms with Crippen molar-refractivity contribution < 1.29 is 4.74 Å². The van der Waals surface area contributed by atoms with Crippen LogP contribution in [0.4, 0.5) is 0 Å². The van der Waals surface area contributed by atoms with Gasteiger partial charge in [0.05, 0.1) is 29.1 Å². The molecule has 90 valence electrons. The van der Waals surface area contributed by atoms with Crippen molar-refractivity contribution in [2.75, 3.05) is 13.2 Å². The van der Waals surface area contributed by atoms with Gasteiger partial charge >= 0.3 is 0 Å². The van der Waals surface area contributed by atoms with Crippen molar-refractivity contribution in [3.8, 4) is 0 Å². The molecule has 0 radical (unpaired) electrons. The van der Waals surface area contributed by atoms with E-state index < -0.39 is 0 Å². The van der Waals surface area contributed by atoms with Crippen molar-refractivity contribution in [1.29, 1.82) is 0 Å². The lowest BCUT2D eigenvalue weighted by Gasteiger charge is -2.16. The van der Waals surface area contributed by atoms with E-state index in [1.165, 1.54) is 0 Å². The second kappa shape index (κ2) is 4.31. The van der Waals surface area contributed by atoms with Crippen molar-refractivity contribution >= 4 is 22.6 Å². The summed E-state index contributed by atoms with van der Waals surface area (Å²) in [7, 11) is 0. The van der Waals surface area contributed by atoms with Gasteiger partial charge in [0.25, 0.3) is 0 Å². The molecular formula is C13H15ClN2O. The lowest BCUT2D eigenvalue weighted by atomic mass is 10.2. The minimum absolute atomic E-state index is 0.0806. The molecule has 0 aliphatic carbocycles. The van der Waals surface area contributed by atoms with Crippen molar-refractivity contribution in [3.63, 3.8) is 0 Å². The van der Waals surface area contributed by atoms with Crippen LogP contribution in [0.2, 0.25) is 0 Å². The van der Waals surface area contributed by atoms with Gasteiger partial charge in [0.1, 0.15) is 5.82 Å². The summed E-state index contributed by atoms with van der Waals surface area (Å²) in [5.74, 6) is 0.948. The molecule has 2 heterocycles. The molecule has 0 bridgehead atoms. The van der Waals surface area contributed by atoms with Crippen molar-refractivity contribution in [3.05, 3.63) is 30.1 Å². The molecule has 4 heteroatoms. The third-order valence-electron chi connectivity index (χ3n) is 3.25. The smallest absolute Gasteiger partial charge is 0.128 e. The minimum Gasteiger partial charge on any atom is -0.379 e. The first kappa shape index (κ1) is 11.1. The predicted molar refractivity (Wildman–Crippen MR) is 68.5 cm³/mol. The van der Waals surface area contributed by atoms with Crippen LogP contribution in [0, 0.1) is 0 Å². The van der Waals surface area contributed by atoms with Gasteiger partial charge in [-0.3, -0.25) is 0 Å².